The minimum Gasteiger partial charge on any atom is -0.317 e. The molecule has 2 aliphatic rings. The van der Waals surface area contributed by atoms with Crippen molar-refractivity contribution in [3.8, 4) is 0 Å². The molecule has 2 N–H and O–H groups in total. The van der Waals surface area contributed by atoms with E-state index < -0.39 is 0 Å². The van der Waals surface area contributed by atoms with Crippen molar-refractivity contribution in [3.05, 3.63) is 24.3 Å². The average molecular weight is 557 g/mol. The van der Waals surface area contributed by atoms with Gasteiger partial charge >= 0.3 is 0 Å². The van der Waals surface area contributed by atoms with Crippen LogP contribution in [0.4, 0.5) is 0 Å². The molecule has 3 heteroatoms. The third kappa shape index (κ3) is 13.7. The molecular formula is C29H53IN2. The smallest absolute Gasteiger partial charge is 0.000472 e. The van der Waals surface area contributed by atoms with Gasteiger partial charge in [-0.15, -0.1) is 0 Å². The molecule has 0 saturated heterocycles. The fourth-order valence-corrected chi connectivity index (χ4v) is 5.92. The molecule has 0 bridgehead atoms. The van der Waals surface area contributed by atoms with Crippen LogP contribution in [0.5, 0.6) is 0 Å². The van der Waals surface area contributed by atoms with Crippen LogP contribution in [0.1, 0.15) is 103 Å². The lowest BCUT2D eigenvalue weighted by Gasteiger charge is -2.30. The maximum absolute atomic E-state index is 3.64. The van der Waals surface area contributed by atoms with Gasteiger partial charge in [0.05, 0.1) is 0 Å². The SMILES string of the molecule is CC1CCC(C2C=CC(/C=C/CCCNCCCCCCCNCCCCCI)C2)CC1. The fourth-order valence-electron chi connectivity index (χ4n) is 5.38. The van der Waals surface area contributed by atoms with Crippen molar-refractivity contribution in [2.45, 2.75) is 103 Å². The van der Waals surface area contributed by atoms with Crippen molar-refractivity contribution in [3.63, 3.8) is 0 Å². The summed E-state index contributed by atoms with van der Waals surface area (Å²) in [6.45, 7) is 7.24. The van der Waals surface area contributed by atoms with E-state index in [1.807, 2.05) is 0 Å². The number of nitrogens with one attached hydrogen (secondary N) is 2. The molecule has 0 heterocycles. The summed E-state index contributed by atoms with van der Waals surface area (Å²) in [4.78, 5) is 0. The number of unbranched alkanes of at least 4 members (excludes halogenated alkanes) is 7. The Morgan fingerprint density at radius 1 is 0.750 bits per heavy atom. The predicted molar refractivity (Wildman–Crippen MR) is 152 cm³/mol. The number of halogens is 1. The number of hydrogen-bond acceptors (Lipinski definition) is 2. The summed E-state index contributed by atoms with van der Waals surface area (Å²) in [5.41, 5.74) is 0. The molecule has 186 valence electrons. The molecule has 0 radical (unpaired) electrons. The van der Waals surface area contributed by atoms with Crippen LogP contribution in [0.25, 0.3) is 0 Å². The lowest BCUT2D eigenvalue weighted by Crippen LogP contribution is -2.19. The molecule has 2 rings (SSSR count). The lowest BCUT2D eigenvalue weighted by atomic mass is 9.76. The van der Waals surface area contributed by atoms with Crippen molar-refractivity contribution in [1.29, 1.82) is 0 Å². The predicted octanol–water partition coefficient (Wildman–Crippen LogP) is 8.08. The molecule has 2 atom stereocenters. The first-order chi connectivity index (χ1) is 15.8. The Labute approximate surface area is 214 Å². The molecule has 0 aromatic heterocycles. The van der Waals surface area contributed by atoms with Crippen LogP contribution in [0, 0.1) is 23.7 Å². The lowest BCUT2D eigenvalue weighted by molar-refractivity contribution is 0.234. The Morgan fingerprint density at radius 2 is 1.34 bits per heavy atom. The highest BCUT2D eigenvalue weighted by Crippen LogP contribution is 2.39. The molecular weight excluding hydrogens is 503 g/mol. The van der Waals surface area contributed by atoms with E-state index in [-0.39, 0.29) is 0 Å². The summed E-state index contributed by atoms with van der Waals surface area (Å²) in [7, 11) is 0. The third-order valence-electron chi connectivity index (χ3n) is 7.62. The normalized spacial score (nSPS) is 25.8. The standard InChI is InChI=1S/C29H53IN2/c1-26-14-17-28(18-15-26)29-19-16-27(25-29)13-7-5-11-23-31-21-9-3-2-4-10-22-32-24-12-6-8-20-30/h7,13,16,19,26-29,31-32H,2-6,8-12,14-15,17-18,20-25H2,1H3/b13-7+. The minimum atomic E-state index is 0.711. The van der Waals surface area contributed by atoms with E-state index in [1.165, 1.54) is 127 Å². The fraction of sp³-hybridized carbons (Fsp3) is 0.862. The summed E-state index contributed by atoms with van der Waals surface area (Å²) < 4.78 is 1.31. The molecule has 0 aromatic carbocycles. The van der Waals surface area contributed by atoms with E-state index in [0.29, 0.717) is 5.92 Å². The quantitative estimate of drug-likeness (QED) is 0.0728. The molecule has 1 fully saturated rings. The van der Waals surface area contributed by atoms with Crippen LogP contribution in [0.2, 0.25) is 0 Å². The van der Waals surface area contributed by atoms with Crippen molar-refractivity contribution in [2.75, 3.05) is 30.6 Å². The molecule has 0 amide bonds. The number of allylic oxidation sites excluding steroid dienone is 4. The summed E-state index contributed by atoms with van der Waals surface area (Å²) in [6, 6.07) is 0. The highest BCUT2D eigenvalue weighted by atomic mass is 127. The largest absolute Gasteiger partial charge is 0.317 e. The molecule has 1 saturated carbocycles. The Bertz CT molecular complexity index is 482. The maximum atomic E-state index is 3.64. The Balaban J connectivity index is 1.30. The zero-order valence-electron chi connectivity index (χ0n) is 21.1. The molecule has 2 aliphatic carbocycles. The first-order valence-corrected chi connectivity index (χ1v) is 15.6. The first kappa shape index (κ1) is 28.4. The van der Waals surface area contributed by atoms with Gasteiger partial charge in [-0.05, 0) is 112 Å². The van der Waals surface area contributed by atoms with Crippen molar-refractivity contribution >= 4 is 22.6 Å². The van der Waals surface area contributed by atoms with E-state index in [0.717, 1.165) is 17.8 Å². The highest BCUT2D eigenvalue weighted by molar-refractivity contribution is 14.1. The van der Waals surface area contributed by atoms with Crippen LogP contribution in [0.15, 0.2) is 24.3 Å². The molecule has 0 aliphatic heterocycles. The summed E-state index contributed by atoms with van der Waals surface area (Å²) in [5.74, 6) is 3.52. The number of hydrogen-bond donors (Lipinski definition) is 2. The molecule has 32 heavy (non-hydrogen) atoms. The summed E-state index contributed by atoms with van der Waals surface area (Å²) in [5, 5.41) is 7.23. The Hall–Kier alpha value is 0.130. The van der Waals surface area contributed by atoms with Gasteiger partial charge in [-0.1, -0.05) is 92.3 Å². The Morgan fingerprint density at radius 3 is 2.00 bits per heavy atom. The van der Waals surface area contributed by atoms with Gasteiger partial charge in [0.1, 0.15) is 0 Å². The van der Waals surface area contributed by atoms with Gasteiger partial charge in [-0.3, -0.25) is 0 Å². The van der Waals surface area contributed by atoms with Crippen LogP contribution >= 0.6 is 22.6 Å². The second-order valence-electron chi connectivity index (χ2n) is 10.6. The van der Waals surface area contributed by atoms with E-state index >= 15 is 0 Å². The molecule has 2 nitrogen and oxygen atoms in total. The molecule has 0 spiro atoms. The number of alkyl halides is 1. The van der Waals surface area contributed by atoms with Gasteiger partial charge in [-0.25, -0.2) is 0 Å². The van der Waals surface area contributed by atoms with Gasteiger partial charge in [0.2, 0.25) is 0 Å². The van der Waals surface area contributed by atoms with Crippen LogP contribution in [-0.2, 0) is 0 Å². The van der Waals surface area contributed by atoms with Crippen molar-refractivity contribution in [2.24, 2.45) is 23.7 Å². The van der Waals surface area contributed by atoms with Gasteiger partial charge in [0, 0.05) is 0 Å². The van der Waals surface area contributed by atoms with Gasteiger partial charge in [-0.2, -0.15) is 0 Å². The third-order valence-corrected chi connectivity index (χ3v) is 8.38. The number of rotatable bonds is 19. The van der Waals surface area contributed by atoms with Crippen LogP contribution < -0.4 is 10.6 Å². The van der Waals surface area contributed by atoms with E-state index in [4.69, 9.17) is 0 Å². The van der Waals surface area contributed by atoms with E-state index in [1.54, 1.807) is 0 Å². The van der Waals surface area contributed by atoms with Crippen molar-refractivity contribution < 1.29 is 0 Å². The van der Waals surface area contributed by atoms with Gasteiger partial charge < -0.3 is 10.6 Å². The highest BCUT2D eigenvalue weighted by Gasteiger charge is 2.28. The van der Waals surface area contributed by atoms with Crippen LogP contribution in [0.3, 0.4) is 0 Å². The Kier molecular flexibility index (Phi) is 17.2. The van der Waals surface area contributed by atoms with Crippen molar-refractivity contribution in [1.82, 2.24) is 10.6 Å². The van der Waals surface area contributed by atoms with Gasteiger partial charge in [0.15, 0.2) is 0 Å². The summed E-state index contributed by atoms with van der Waals surface area (Å²) in [6.07, 6.45) is 30.7. The monoisotopic (exact) mass is 556 g/mol. The zero-order valence-corrected chi connectivity index (χ0v) is 23.3. The second-order valence-corrected chi connectivity index (χ2v) is 11.6. The van der Waals surface area contributed by atoms with E-state index in [2.05, 4.69) is 64.5 Å². The average Bonchev–Trinajstić information content (AvgIpc) is 3.27. The van der Waals surface area contributed by atoms with Crippen LogP contribution in [-0.4, -0.2) is 30.6 Å². The first-order valence-electron chi connectivity index (χ1n) is 14.1. The zero-order chi connectivity index (χ0) is 22.7. The molecule has 0 aromatic rings. The minimum absolute atomic E-state index is 0.711. The van der Waals surface area contributed by atoms with E-state index in [9.17, 15) is 0 Å². The second kappa shape index (κ2) is 19.4. The topological polar surface area (TPSA) is 24.1 Å². The van der Waals surface area contributed by atoms with Gasteiger partial charge in [0.25, 0.3) is 0 Å². The summed E-state index contributed by atoms with van der Waals surface area (Å²) >= 11 is 2.47. The molecule has 2 unspecified atom stereocenters. The maximum Gasteiger partial charge on any atom is -0.000472 e.